The van der Waals surface area contributed by atoms with Crippen LogP contribution in [-0.2, 0) is 10.0 Å². The molecule has 0 saturated heterocycles. The Labute approximate surface area is 150 Å². The number of anilines is 3. The maximum absolute atomic E-state index is 12.9. The van der Waals surface area contributed by atoms with Gasteiger partial charge in [0.1, 0.15) is 5.82 Å². The first-order valence-corrected chi connectivity index (χ1v) is 9.10. The first kappa shape index (κ1) is 17.5. The fraction of sp³-hybridized carbons (Fsp3) is 0. The molecule has 5 nitrogen and oxygen atoms in total. The standard InChI is InChI=1S/C19H14FN3O2S/c20-15-3-11-19(12-4-15)26(24,25)23-18-9-7-17(8-10-18)22-16-5-1-14(13-21)2-6-16/h1-12,22-23H. The van der Waals surface area contributed by atoms with E-state index in [0.29, 0.717) is 11.3 Å². The molecule has 0 amide bonds. The summed E-state index contributed by atoms with van der Waals surface area (Å²) in [7, 11) is -3.78. The zero-order chi connectivity index (χ0) is 18.6. The van der Waals surface area contributed by atoms with Crippen molar-refractivity contribution in [3.8, 4) is 6.07 Å². The second kappa shape index (κ2) is 7.25. The number of nitrogens with one attached hydrogen (secondary N) is 2. The Hall–Kier alpha value is -3.37. The summed E-state index contributed by atoms with van der Waals surface area (Å²) in [6, 6.07) is 20.3. The summed E-state index contributed by atoms with van der Waals surface area (Å²) in [5.41, 5.74) is 2.53. The molecule has 0 bridgehead atoms. The third-order valence-electron chi connectivity index (χ3n) is 3.56. The number of rotatable bonds is 5. The van der Waals surface area contributed by atoms with Crippen LogP contribution < -0.4 is 10.0 Å². The van der Waals surface area contributed by atoms with Crippen molar-refractivity contribution in [3.05, 3.63) is 84.2 Å². The minimum absolute atomic E-state index is 0.0151. The molecule has 0 aliphatic heterocycles. The molecule has 2 N–H and O–H groups in total. The number of halogens is 1. The first-order valence-electron chi connectivity index (χ1n) is 7.62. The van der Waals surface area contributed by atoms with Crippen LogP contribution in [0.15, 0.2) is 77.7 Å². The van der Waals surface area contributed by atoms with E-state index in [1.165, 1.54) is 12.1 Å². The number of nitrogens with zero attached hydrogens (tertiary/aromatic N) is 1. The zero-order valence-corrected chi connectivity index (χ0v) is 14.3. The monoisotopic (exact) mass is 367 g/mol. The Morgan fingerprint density at radius 3 is 1.81 bits per heavy atom. The van der Waals surface area contributed by atoms with Crippen LogP contribution in [-0.4, -0.2) is 8.42 Å². The quantitative estimate of drug-likeness (QED) is 0.707. The summed E-state index contributed by atoms with van der Waals surface area (Å²) in [5, 5.41) is 11.9. The summed E-state index contributed by atoms with van der Waals surface area (Å²) < 4.78 is 39.9. The van der Waals surface area contributed by atoms with E-state index in [9.17, 15) is 12.8 Å². The van der Waals surface area contributed by atoms with E-state index in [-0.39, 0.29) is 4.90 Å². The van der Waals surface area contributed by atoms with E-state index in [1.807, 2.05) is 0 Å². The Kier molecular flexibility index (Phi) is 4.87. The number of nitriles is 1. The average Bonchev–Trinajstić information content (AvgIpc) is 2.64. The minimum Gasteiger partial charge on any atom is -0.356 e. The van der Waals surface area contributed by atoms with Gasteiger partial charge in [-0.3, -0.25) is 4.72 Å². The van der Waals surface area contributed by atoms with Crippen molar-refractivity contribution in [2.75, 3.05) is 10.0 Å². The van der Waals surface area contributed by atoms with Gasteiger partial charge in [-0.1, -0.05) is 0 Å². The number of benzene rings is 3. The molecule has 0 unspecified atom stereocenters. The van der Waals surface area contributed by atoms with Gasteiger partial charge in [0.05, 0.1) is 16.5 Å². The second-order valence-corrected chi connectivity index (χ2v) is 7.13. The topological polar surface area (TPSA) is 82.0 Å². The van der Waals surface area contributed by atoms with Crippen molar-refractivity contribution in [2.45, 2.75) is 4.90 Å². The molecule has 0 aliphatic carbocycles. The lowest BCUT2D eigenvalue weighted by atomic mass is 10.2. The molecule has 7 heteroatoms. The van der Waals surface area contributed by atoms with Gasteiger partial charge in [-0.25, -0.2) is 12.8 Å². The molecule has 0 fully saturated rings. The Morgan fingerprint density at radius 1 is 0.769 bits per heavy atom. The van der Waals surface area contributed by atoms with Gasteiger partial charge in [-0.05, 0) is 72.8 Å². The average molecular weight is 367 g/mol. The summed E-state index contributed by atoms with van der Waals surface area (Å²) >= 11 is 0. The van der Waals surface area contributed by atoms with Crippen LogP contribution in [0.1, 0.15) is 5.56 Å². The molecule has 0 saturated carbocycles. The maximum atomic E-state index is 12.9. The third-order valence-corrected chi connectivity index (χ3v) is 4.96. The highest BCUT2D eigenvalue weighted by Gasteiger charge is 2.14. The molecule has 0 atom stereocenters. The lowest BCUT2D eigenvalue weighted by Crippen LogP contribution is -2.12. The molecule has 0 radical (unpaired) electrons. The minimum atomic E-state index is -3.78. The van der Waals surface area contributed by atoms with E-state index in [0.717, 1.165) is 23.5 Å². The van der Waals surface area contributed by atoms with Crippen molar-refractivity contribution >= 4 is 27.1 Å². The van der Waals surface area contributed by atoms with Gasteiger partial charge in [0.25, 0.3) is 10.0 Å². The Bertz CT molecular complexity index is 1040. The van der Waals surface area contributed by atoms with Crippen molar-refractivity contribution < 1.29 is 12.8 Å². The van der Waals surface area contributed by atoms with Gasteiger partial charge in [-0.15, -0.1) is 0 Å². The number of hydrogen-bond donors (Lipinski definition) is 2. The smallest absolute Gasteiger partial charge is 0.261 e. The van der Waals surface area contributed by atoms with Crippen LogP contribution in [0, 0.1) is 17.1 Å². The fourth-order valence-electron chi connectivity index (χ4n) is 2.24. The highest BCUT2D eigenvalue weighted by molar-refractivity contribution is 7.92. The first-order chi connectivity index (χ1) is 12.5. The molecular formula is C19H14FN3O2S. The highest BCUT2D eigenvalue weighted by atomic mass is 32.2. The molecule has 0 heterocycles. The molecule has 26 heavy (non-hydrogen) atoms. The van der Waals surface area contributed by atoms with Crippen LogP contribution in [0.3, 0.4) is 0 Å². The Balaban J connectivity index is 1.71. The Morgan fingerprint density at radius 2 is 1.27 bits per heavy atom. The zero-order valence-electron chi connectivity index (χ0n) is 13.5. The lowest BCUT2D eigenvalue weighted by molar-refractivity contribution is 0.599. The molecule has 0 spiro atoms. The van der Waals surface area contributed by atoms with Gasteiger partial charge in [0.2, 0.25) is 0 Å². The van der Waals surface area contributed by atoms with Crippen LogP contribution in [0.4, 0.5) is 21.5 Å². The second-order valence-electron chi connectivity index (χ2n) is 5.45. The van der Waals surface area contributed by atoms with Gasteiger partial charge in [0.15, 0.2) is 0 Å². The summed E-state index contributed by atoms with van der Waals surface area (Å²) in [6.45, 7) is 0. The van der Waals surface area contributed by atoms with Gasteiger partial charge < -0.3 is 5.32 Å². The van der Waals surface area contributed by atoms with Crippen molar-refractivity contribution in [1.82, 2.24) is 0 Å². The van der Waals surface area contributed by atoms with E-state index in [2.05, 4.69) is 16.1 Å². The summed E-state index contributed by atoms with van der Waals surface area (Å²) in [4.78, 5) is -0.0151. The molecule has 3 rings (SSSR count). The van der Waals surface area contributed by atoms with E-state index in [1.54, 1.807) is 48.5 Å². The van der Waals surface area contributed by atoms with Crippen LogP contribution in [0.25, 0.3) is 0 Å². The van der Waals surface area contributed by atoms with Crippen molar-refractivity contribution in [2.24, 2.45) is 0 Å². The van der Waals surface area contributed by atoms with E-state index in [4.69, 9.17) is 5.26 Å². The van der Waals surface area contributed by atoms with E-state index >= 15 is 0 Å². The summed E-state index contributed by atoms with van der Waals surface area (Å²) in [6.07, 6.45) is 0. The molecule has 3 aromatic rings. The lowest BCUT2D eigenvalue weighted by Gasteiger charge is -2.10. The largest absolute Gasteiger partial charge is 0.356 e. The van der Waals surface area contributed by atoms with Gasteiger partial charge in [-0.2, -0.15) is 5.26 Å². The predicted molar refractivity (Wildman–Crippen MR) is 98.1 cm³/mol. The predicted octanol–water partition coefficient (Wildman–Crippen LogP) is 4.24. The van der Waals surface area contributed by atoms with Crippen LogP contribution in [0.5, 0.6) is 0 Å². The third kappa shape index (κ3) is 4.18. The van der Waals surface area contributed by atoms with Crippen molar-refractivity contribution in [1.29, 1.82) is 5.26 Å². The number of hydrogen-bond acceptors (Lipinski definition) is 4. The van der Waals surface area contributed by atoms with Crippen LogP contribution >= 0.6 is 0 Å². The van der Waals surface area contributed by atoms with Gasteiger partial charge >= 0.3 is 0 Å². The molecule has 3 aromatic carbocycles. The number of sulfonamides is 1. The summed E-state index contributed by atoms with van der Waals surface area (Å²) in [5.74, 6) is -0.498. The molecule has 0 aliphatic rings. The maximum Gasteiger partial charge on any atom is 0.261 e. The van der Waals surface area contributed by atoms with E-state index < -0.39 is 15.8 Å². The van der Waals surface area contributed by atoms with Gasteiger partial charge in [0, 0.05) is 17.1 Å². The normalized spacial score (nSPS) is 10.8. The molecule has 130 valence electrons. The molecule has 0 aromatic heterocycles. The molecular weight excluding hydrogens is 353 g/mol. The fourth-order valence-corrected chi connectivity index (χ4v) is 3.30. The highest BCUT2D eigenvalue weighted by Crippen LogP contribution is 2.21. The van der Waals surface area contributed by atoms with Crippen molar-refractivity contribution in [3.63, 3.8) is 0 Å². The van der Waals surface area contributed by atoms with Crippen LogP contribution in [0.2, 0.25) is 0 Å². The SMILES string of the molecule is N#Cc1ccc(Nc2ccc(NS(=O)(=O)c3ccc(F)cc3)cc2)cc1.